The zero-order chi connectivity index (χ0) is 17.4. The van der Waals surface area contributed by atoms with Crippen LogP contribution in [0.1, 0.15) is 77.6 Å². The summed E-state index contributed by atoms with van der Waals surface area (Å²) < 4.78 is 37.6. The zero-order valence-corrected chi connectivity index (χ0v) is 18.5. The van der Waals surface area contributed by atoms with Gasteiger partial charge in [0.15, 0.2) is 0 Å². The Morgan fingerprint density at radius 1 is 0.958 bits per heavy atom. The third kappa shape index (κ3) is 20.9. The van der Waals surface area contributed by atoms with Crippen LogP contribution in [0.5, 0.6) is 0 Å². The van der Waals surface area contributed by atoms with E-state index in [9.17, 15) is 13.0 Å². The molecule has 24 heavy (non-hydrogen) atoms. The Morgan fingerprint density at radius 2 is 1.50 bits per heavy atom. The van der Waals surface area contributed by atoms with E-state index in [1.54, 1.807) is 0 Å². The van der Waals surface area contributed by atoms with Crippen molar-refractivity contribution in [2.24, 2.45) is 5.92 Å². The SMILES string of the molecule is CCCCCCCCCCCC(CCS(=O)(=O)[O-])COCCO.[Na+]. The Balaban J connectivity index is 0. The summed E-state index contributed by atoms with van der Waals surface area (Å²) in [6.07, 6.45) is 12.5. The molecule has 7 heteroatoms. The zero-order valence-electron chi connectivity index (χ0n) is 15.7. The number of aliphatic hydroxyl groups is 1. The number of rotatable bonds is 17. The van der Waals surface area contributed by atoms with Gasteiger partial charge in [-0.15, -0.1) is 0 Å². The molecule has 0 fully saturated rings. The van der Waals surface area contributed by atoms with Gasteiger partial charge in [0.05, 0.1) is 23.3 Å². The molecule has 0 saturated carbocycles. The number of aliphatic hydroxyl groups excluding tert-OH is 1. The fourth-order valence-corrected chi connectivity index (χ4v) is 3.30. The van der Waals surface area contributed by atoms with Crippen molar-refractivity contribution in [1.29, 1.82) is 0 Å². The maximum absolute atomic E-state index is 10.8. The summed E-state index contributed by atoms with van der Waals surface area (Å²) in [5.74, 6) is -0.229. The van der Waals surface area contributed by atoms with Crippen LogP contribution in [-0.2, 0) is 14.9 Å². The quantitative estimate of drug-likeness (QED) is 0.227. The van der Waals surface area contributed by atoms with E-state index < -0.39 is 10.1 Å². The summed E-state index contributed by atoms with van der Waals surface area (Å²) in [6, 6.07) is 0. The second kappa shape index (κ2) is 18.6. The fourth-order valence-electron chi connectivity index (χ4n) is 2.68. The van der Waals surface area contributed by atoms with Crippen LogP contribution in [0, 0.1) is 5.92 Å². The molecule has 0 aliphatic rings. The molecule has 0 saturated heterocycles. The first-order valence-corrected chi connectivity index (χ1v) is 10.7. The summed E-state index contributed by atoms with van der Waals surface area (Å²) in [7, 11) is -4.16. The summed E-state index contributed by atoms with van der Waals surface area (Å²) in [5, 5.41) is 8.72. The van der Waals surface area contributed by atoms with Crippen molar-refractivity contribution in [2.45, 2.75) is 77.6 Å². The van der Waals surface area contributed by atoms with Crippen molar-refractivity contribution < 1.29 is 52.4 Å². The summed E-state index contributed by atoms with van der Waals surface area (Å²) in [4.78, 5) is 0. The van der Waals surface area contributed by atoms with E-state index in [1.165, 1.54) is 44.9 Å². The van der Waals surface area contributed by atoms with E-state index in [2.05, 4.69) is 6.92 Å². The van der Waals surface area contributed by atoms with Crippen LogP contribution in [0.4, 0.5) is 0 Å². The van der Waals surface area contributed by atoms with Crippen molar-refractivity contribution in [2.75, 3.05) is 25.6 Å². The maximum atomic E-state index is 10.8. The van der Waals surface area contributed by atoms with Crippen LogP contribution >= 0.6 is 0 Å². The van der Waals surface area contributed by atoms with E-state index in [1.807, 2.05) is 0 Å². The molecule has 0 spiro atoms. The number of ether oxygens (including phenoxy) is 1. The molecule has 0 aromatic carbocycles. The molecule has 0 bridgehead atoms. The van der Waals surface area contributed by atoms with E-state index in [0.29, 0.717) is 13.0 Å². The molecule has 0 radical (unpaired) electrons. The number of hydrogen-bond acceptors (Lipinski definition) is 5. The number of unbranched alkanes of at least 4 members (excludes halogenated alkanes) is 8. The summed E-state index contributed by atoms with van der Waals surface area (Å²) in [6.45, 7) is 2.87. The van der Waals surface area contributed by atoms with Crippen molar-refractivity contribution in [1.82, 2.24) is 0 Å². The molecule has 1 unspecified atom stereocenters. The average Bonchev–Trinajstić information content (AvgIpc) is 2.49. The van der Waals surface area contributed by atoms with Crippen LogP contribution in [0.15, 0.2) is 0 Å². The predicted octanol–water partition coefficient (Wildman–Crippen LogP) is 0.472. The fraction of sp³-hybridized carbons (Fsp3) is 1.00. The molecular weight excluding hydrogens is 339 g/mol. The molecule has 1 atom stereocenters. The van der Waals surface area contributed by atoms with Crippen LogP contribution < -0.4 is 29.6 Å². The Kier molecular flexibility index (Phi) is 21.0. The molecule has 0 aliphatic carbocycles. The normalized spacial score (nSPS) is 12.8. The van der Waals surface area contributed by atoms with Gasteiger partial charge in [-0.25, -0.2) is 8.42 Å². The summed E-state index contributed by atoms with van der Waals surface area (Å²) >= 11 is 0. The smallest absolute Gasteiger partial charge is 0.748 e. The molecule has 0 aromatic heterocycles. The standard InChI is InChI=1S/C17H36O5S.Na/c1-2-3-4-5-6-7-8-9-10-11-17(16-22-14-13-18)12-15-23(19,20)21;/h17-18H,2-16H2,1H3,(H,19,20,21);/q;+1/p-1. The van der Waals surface area contributed by atoms with Gasteiger partial charge in [-0.1, -0.05) is 64.7 Å². The first-order chi connectivity index (χ1) is 11.0. The largest absolute Gasteiger partial charge is 1.00 e. The third-order valence-corrected chi connectivity index (χ3v) is 4.82. The van der Waals surface area contributed by atoms with E-state index in [4.69, 9.17) is 9.84 Å². The molecule has 0 rings (SSSR count). The van der Waals surface area contributed by atoms with Gasteiger partial charge in [-0.3, -0.25) is 0 Å². The Bertz CT molecular complexity index is 349. The first-order valence-electron chi connectivity index (χ1n) is 9.11. The first kappa shape index (κ1) is 27.1. The molecule has 140 valence electrons. The van der Waals surface area contributed by atoms with Gasteiger partial charge in [0, 0.05) is 12.4 Å². The summed E-state index contributed by atoms with van der Waals surface area (Å²) in [5.41, 5.74) is 0. The Morgan fingerprint density at radius 3 is 2.00 bits per heavy atom. The monoisotopic (exact) mass is 374 g/mol. The van der Waals surface area contributed by atoms with Gasteiger partial charge < -0.3 is 14.4 Å². The Hall–Kier alpha value is 0.830. The molecule has 0 aromatic rings. The third-order valence-electron chi connectivity index (χ3n) is 4.08. The van der Waals surface area contributed by atoms with Gasteiger partial charge in [0.1, 0.15) is 0 Å². The molecular formula is C17H35NaO5S. The van der Waals surface area contributed by atoms with Gasteiger partial charge in [-0.05, 0) is 18.8 Å². The average molecular weight is 375 g/mol. The topological polar surface area (TPSA) is 86.7 Å². The molecule has 5 nitrogen and oxygen atoms in total. The number of hydrogen-bond donors (Lipinski definition) is 1. The van der Waals surface area contributed by atoms with Gasteiger partial charge in [-0.2, -0.15) is 0 Å². The van der Waals surface area contributed by atoms with Crippen molar-refractivity contribution >= 4 is 10.1 Å². The minimum atomic E-state index is -4.16. The van der Waals surface area contributed by atoms with E-state index >= 15 is 0 Å². The molecule has 1 N–H and O–H groups in total. The van der Waals surface area contributed by atoms with E-state index in [0.717, 1.165) is 19.3 Å². The van der Waals surface area contributed by atoms with Crippen LogP contribution in [-0.4, -0.2) is 43.7 Å². The maximum Gasteiger partial charge on any atom is 1.00 e. The van der Waals surface area contributed by atoms with Crippen LogP contribution in [0.3, 0.4) is 0 Å². The van der Waals surface area contributed by atoms with Crippen LogP contribution in [0.25, 0.3) is 0 Å². The van der Waals surface area contributed by atoms with Crippen LogP contribution in [0.2, 0.25) is 0 Å². The van der Waals surface area contributed by atoms with Crippen molar-refractivity contribution in [3.05, 3.63) is 0 Å². The molecule has 0 heterocycles. The second-order valence-corrected chi connectivity index (χ2v) is 7.86. The molecule has 0 aliphatic heterocycles. The van der Waals surface area contributed by atoms with E-state index in [-0.39, 0.29) is 54.4 Å². The molecule has 0 amide bonds. The van der Waals surface area contributed by atoms with Gasteiger partial charge >= 0.3 is 29.6 Å². The predicted molar refractivity (Wildman–Crippen MR) is 92.4 cm³/mol. The van der Waals surface area contributed by atoms with Crippen molar-refractivity contribution in [3.63, 3.8) is 0 Å². The Labute approximate surface area is 171 Å². The minimum absolute atomic E-state index is 0. The van der Waals surface area contributed by atoms with Gasteiger partial charge in [0.25, 0.3) is 0 Å². The second-order valence-electron chi connectivity index (χ2n) is 6.33. The minimum Gasteiger partial charge on any atom is -0.748 e. The van der Waals surface area contributed by atoms with Crippen molar-refractivity contribution in [3.8, 4) is 0 Å². The van der Waals surface area contributed by atoms with Gasteiger partial charge in [0.2, 0.25) is 0 Å².